The summed E-state index contributed by atoms with van der Waals surface area (Å²) < 4.78 is 19.7. The minimum Gasteiger partial charge on any atom is -0.543 e. The second kappa shape index (κ2) is 5.24. The van der Waals surface area contributed by atoms with Gasteiger partial charge in [-0.2, -0.15) is 0 Å². The second-order valence-corrected chi connectivity index (χ2v) is 11.5. The number of benzene rings is 1. The molecular formula is C13H18BrFO3Si. The van der Waals surface area contributed by atoms with Gasteiger partial charge in [0.25, 0.3) is 0 Å². The van der Waals surface area contributed by atoms with Gasteiger partial charge in [-0.25, -0.2) is 9.18 Å². The van der Waals surface area contributed by atoms with E-state index in [0.29, 0.717) is 5.75 Å². The van der Waals surface area contributed by atoms with Crippen LogP contribution in [0.15, 0.2) is 16.6 Å². The van der Waals surface area contributed by atoms with Gasteiger partial charge < -0.3 is 9.53 Å². The van der Waals surface area contributed by atoms with Gasteiger partial charge in [0.15, 0.2) is 5.82 Å². The van der Waals surface area contributed by atoms with Crippen molar-refractivity contribution in [2.45, 2.75) is 38.9 Å². The van der Waals surface area contributed by atoms with Crippen LogP contribution in [-0.2, 0) is 0 Å². The highest BCUT2D eigenvalue weighted by Crippen LogP contribution is 2.38. The van der Waals surface area contributed by atoms with E-state index in [0.717, 1.165) is 0 Å². The van der Waals surface area contributed by atoms with Gasteiger partial charge in [0, 0.05) is 0 Å². The zero-order chi connectivity index (χ0) is 15.0. The SMILES string of the molecule is CC(C)(C)[Si](C)(C)Oc1cc(Br)c(F)c(C(=O)O)c1. The summed E-state index contributed by atoms with van der Waals surface area (Å²) in [7, 11) is -2.08. The monoisotopic (exact) mass is 348 g/mol. The van der Waals surface area contributed by atoms with Gasteiger partial charge in [0.1, 0.15) is 5.75 Å². The fourth-order valence-electron chi connectivity index (χ4n) is 1.23. The Balaban J connectivity index is 3.21. The van der Waals surface area contributed by atoms with Gasteiger partial charge in [-0.15, -0.1) is 0 Å². The Hall–Kier alpha value is -0.883. The molecule has 0 bridgehead atoms. The second-order valence-electron chi connectivity index (χ2n) is 5.93. The number of halogens is 2. The Morgan fingerprint density at radius 3 is 2.32 bits per heavy atom. The maximum Gasteiger partial charge on any atom is 0.338 e. The molecule has 0 spiro atoms. The standard InChI is InChI=1S/C13H18BrFO3Si/c1-13(2,3)19(4,5)18-8-6-9(12(16)17)11(15)10(14)7-8/h6-7H,1-5H3,(H,16,17). The average molecular weight is 349 g/mol. The van der Waals surface area contributed by atoms with Gasteiger partial charge in [0.2, 0.25) is 8.32 Å². The maximum absolute atomic E-state index is 13.6. The Kier molecular flexibility index (Phi) is 4.46. The molecule has 1 N–H and O–H groups in total. The van der Waals surface area contributed by atoms with Gasteiger partial charge in [0.05, 0.1) is 10.0 Å². The zero-order valence-corrected chi connectivity index (χ0v) is 14.3. The summed E-state index contributed by atoms with van der Waals surface area (Å²) in [5.41, 5.74) is -0.386. The minimum atomic E-state index is -2.08. The maximum atomic E-state index is 13.6. The Labute approximate surface area is 122 Å². The predicted octanol–water partition coefficient (Wildman–Crippen LogP) is 4.67. The van der Waals surface area contributed by atoms with Gasteiger partial charge in [-0.1, -0.05) is 20.8 Å². The van der Waals surface area contributed by atoms with Gasteiger partial charge >= 0.3 is 5.97 Å². The summed E-state index contributed by atoms with van der Waals surface area (Å²) in [4.78, 5) is 11.0. The molecule has 3 nitrogen and oxygen atoms in total. The Bertz CT molecular complexity index is 509. The van der Waals surface area contributed by atoms with Crippen molar-refractivity contribution in [1.29, 1.82) is 0 Å². The first kappa shape index (κ1) is 16.2. The van der Waals surface area contributed by atoms with Crippen LogP contribution in [0.25, 0.3) is 0 Å². The van der Waals surface area contributed by atoms with Crippen LogP contribution in [-0.4, -0.2) is 19.4 Å². The lowest BCUT2D eigenvalue weighted by Crippen LogP contribution is -2.43. The fourth-order valence-corrected chi connectivity index (χ4v) is 2.68. The smallest absolute Gasteiger partial charge is 0.338 e. The van der Waals surface area contributed by atoms with Crippen LogP contribution in [0.4, 0.5) is 4.39 Å². The van der Waals surface area contributed by atoms with Gasteiger partial charge in [-0.05, 0) is 46.2 Å². The van der Waals surface area contributed by atoms with Crippen LogP contribution < -0.4 is 4.43 Å². The molecule has 0 saturated heterocycles. The molecule has 0 fully saturated rings. The van der Waals surface area contributed by atoms with E-state index in [1.807, 2.05) is 13.1 Å². The van der Waals surface area contributed by atoms with Crippen molar-refractivity contribution in [2.75, 3.05) is 0 Å². The van der Waals surface area contributed by atoms with Crippen molar-refractivity contribution >= 4 is 30.2 Å². The quantitative estimate of drug-likeness (QED) is 0.807. The van der Waals surface area contributed by atoms with Crippen molar-refractivity contribution in [1.82, 2.24) is 0 Å². The van der Waals surface area contributed by atoms with E-state index in [2.05, 4.69) is 36.7 Å². The molecule has 0 aromatic heterocycles. The van der Waals surface area contributed by atoms with Crippen molar-refractivity contribution < 1.29 is 18.7 Å². The molecule has 1 aromatic rings. The van der Waals surface area contributed by atoms with E-state index in [-0.39, 0.29) is 15.1 Å². The average Bonchev–Trinajstić information content (AvgIpc) is 2.20. The van der Waals surface area contributed by atoms with E-state index in [1.165, 1.54) is 12.1 Å². The van der Waals surface area contributed by atoms with E-state index in [4.69, 9.17) is 9.53 Å². The topological polar surface area (TPSA) is 46.5 Å². The van der Waals surface area contributed by atoms with E-state index in [9.17, 15) is 9.18 Å². The summed E-state index contributed by atoms with van der Waals surface area (Å²) in [5, 5.41) is 8.95. The Morgan fingerprint density at radius 2 is 1.89 bits per heavy atom. The summed E-state index contributed by atoms with van der Waals surface area (Å²) in [6, 6.07) is 2.71. The van der Waals surface area contributed by atoms with E-state index < -0.39 is 20.1 Å². The molecule has 0 atom stereocenters. The zero-order valence-electron chi connectivity index (χ0n) is 11.7. The lowest BCUT2D eigenvalue weighted by atomic mass is 10.2. The first-order valence-electron chi connectivity index (χ1n) is 5.87. The third kappa shape index (κ3) is 3.57. The van der Waals surface area contributed by atoms with E-state index in [1.54, 1.807) is 0 Å². The molecule has 0 radical (unpaired) electrons. The molecule has 0 unspecified atom stereocenters. The third-order valence-electron chi connectivity index (χ3n) is 3.41. The summed E-state index contributed by atoms with van der Waals surface area (Å²) in [5.74, 6) is -1.70. The third-order valence-corrected chi connectivity index (χ3v) is 8.35. The molecular weight excluding hydrogens is 331 g/mol. The first-order valence-corrected chi connectivity index (χ1v) is 9.57. The number of carbonyl (C=O) groups is 1. The predicted molar refractivity (Wildman–Crippen MR) is 78.9 cm³/mol. The Morgan fingerprint density at radius 1 is 1.37 bits per heavy atom. The van der Waals surface area contributed by atoms with Crippen LogP contribution in [0.5, 0.6) is 5.75 Å². The van der Waals surface area contributed by atoms with Crippen molar-refractivity contribution in [3.05, 3.63) is 28.0 Å². The van der Waals surface area contributed by atoms with Crippen LogP contribution in [0.2, 0.25) is 18.1 Å². The summed E-state index contributed by atoms with van der Waals surface area (Å²) >= 11 is 3.02. The summed E-state index contributed by atoms with van der Waals surface area (Å²) in [6.07, 6.45) is 0. The normalized spacial score (nSPS) is 12.4. The largest absolute Gasteiger partial charge is 0.543 e. The lowest BCUT2D eigenvalue weighted by Gasteiger charge is -2.36. The number of carboxylic acid groups (broad SMARTS) is 1. The molecule has 0 saturated carbocycles. The first-order chi connectivity index (χ1) is 8.45. The van der Waals surface area contributed by atoms with Crippen LogP contribution in [0.3, 0.4) is 0 Å². The molecule has 0 aliphatic rings. The highest BCUT2D eigenvalue weighted by atomic mass is 79.9. The molecule has 6 heteroatoms. The van der Waals surface area contributed by atoms with Crippen molar-refractivity contribution in [2.24, 2.45) is 0 Å². The molecule has 19 heavy (non-hydrogen) atoms. The number of aromatic carboxylic acids is 1. The minimum absolute atomic E-state index is 0.0166. The van der Waals surface area contributed by atoms with Crippen LogP contribution in [0.1, 0.15) is 31.1 Å². The molecule has 0 aliphatic heterocycles. The molecule has 106 valence electrons. The van der Waals surface area contributed by atoms with Crippen molar-refractivity contribution in [3.8, 4) is 5.75 Å². The number of rotatable bonds is 3. The van der Waals surface area contributed by atoms with Crippen LogP contribution >= 0.6 is 15.9 Å². The highest BCUT2D eigenvalue weighted by Gasteiger charge is 2.39. The summed E-state index contributed by atoms with van der Waals surface area (Å²) in [6.45, 7) is 10.3. The van der Waals surface area contributed by atoms with Crippen LogP contribution in [0, 0.1) is 5.82 Å². The van der Waals surface area contributed by atoms with E-state index >= 15 is 0 Å². The molecule has 0 amide bonds. The number of carboxylic acids is 1. The number of hydrogen-bond acceptors (Lipinski definition) is 2. The molecule has 0 aliphatic carbocycles. The van der Waals surface area contributed by atoms with Gasteiger partial charge in [-0.3, -0.25) is 0 Å². The molecule has 1 aromatic carbocycles. The fraction of sp³-hybridized carbons (Fsp3) is 0.462. The molecule has 1 rings (SSSR count). The van der Waals surface area contributed by atoms with Crippen molar-refractivity contribution in [3.63, 3.8) is 0 Å². The highest BCUT2D eigenvalue weighted by molar-refractivity contribution is 9.10. The lowest BCUT2D eigenvalue weighted by molar-refractivity contribution is 0.0691. The molecule has 0 heterocycles. The number of hydrogen-bond donors (Lipinski definition) is 1.